The maximum absolute atomic E-state index is 13.3. The third-order valence-corrected chi connectivity index (χ3v) is 6.07. The van der Waals surface area contributed by atoms with Gasteiger partial charge >= 0.3 is 0 Å². The molecule has 3 aromatic carbocycles. The van der Waals surface area contributed by atoms with Gasteiger partial charge in [-0.2, -0.15) is 0 Å². The first-order chi connectivity index (χ1) is 16.3. The molecule has 34 heavy (non-hydrogen) atoms. The first kappa shape index (κ1) is 23.9. The fourth-order valence-corrected chi connectivity index (χ4v) is 4.59. The van der Waals surface area contributed by atoms with Crippen LogP contribution in [0, 0.1) is 6.92 Å². The third-order valence-electron chi connectivity index (χ3n) is 5.63. The second kappa shape index (κ2) is 9.92. The Morgan fingerprint density at radius 2 is 1.71 bits per heavy atom. The lowest BCUT2D eigenvalue weighted by atomic mass is 9.92. The van der Waals surface area contributed by atoms with E-state index in [0.717, 1.165) is 12.0 Å². The largest absolute Gasteiger partial charge is 0.507 e. The van der Waals surface area contributed by atoms with Crippen LogP contribution >= 0.6 is 23.2 Å². The van der Waals surface area contributed by atoms with Gasteiger partial charge in [0.25, 0.3) is 11.7 Å². The number of hydrogen-bond acceptors (Lipinski definition) is 4. The number of ether oxygens (including phenoxy) is 1. The zero-order chi connectivity index (χ0) is 24.4. The average Bonchev–Trinajstić information content (AvgIpc) is 3.07. The van der Waals surface area contributed by atoms with Crippen molar-refractivity contribution in [1.82, 2.24) is 0 Å². The predicted octanol–water partition coefficient (Wildman–Crippen LogP) is 6.72. The van der Waals surface area contributed by atoms with E-state index in [9.17, 15) is 14.7 Å². The molecule has 0 spiro atoms. The number of ketones is 1. The molecule has 0 aromatic heterocycles. The summed E-state index contributed by atoms with van der Waals surface area (Å²) in [6.45, 7) is 4.41. The summed E-state index contributed by atoms with van der Waals surface area (Å²) < 4.78 is 5.68. The van der Waals surface area contributed by atoms with Gasteiger partial charge in [-0.3, -0.25) is 14.5 Å². The Balaban J connectivity index is 1.93. The predicted molar refractivity (Wildman–Crippen MR) is 135 cm³/mol. The van der Waals surface area contributed by atoms with Crippen molar-refractivity contribution in [3.63, 3.8) is 0 Å². The molecule has 4 rings (SSSR count). The molecular weight excluding hydrogens is 473 g/mol. The molecular formula is C27H23Cl2NO4. The number of amides is 1. The van der Waals surface area contributed by atoms with Crippen LogP contribution in [-0.4, -0.2) is 23.4 Å². The molecule has 0 aliphatic carbocycles. The number of benzene rings is 3. The summed E-state index contributed by atoms with van der Waals surface area (Å²) in [7, 11) is 0. The fourth-order valence-electron chi connectivity index (χ4n) is 4.07. The van der Waals surface area contributed by atoms with Crippen molar-refractivity contribution in [1.29, 1.82) is 0 Å². The number of Topliss-reactive ketones (excluding diaryl/α,β-unsaturated/α-hetero) is 1. The standard InChI is InChI=1S/C27H23Cl2NO4/c1-3-11-34-21-9-6-8-17(12-21)25(31)23-24(22-10-5-4-7-16(22)2)30(27(33)26(23)32)20-14-18(28)13-19(29)15-20/h4-10,12-15,24,31H,3,11H2,1-2H3/b25-23+. The number of aliphatic hydroxyl groups excluding tert-OH is 1. The van der Waals surface area contributed by atoms with Crippen LogP contribution < -0.4 is 9.64 Å². The highest BCUT2D eigenvalue weighted by molar-refractivity contribution is 6.52. The van der Waals surface area contributed by atoms with Gasteiger partial charge in [0.05, 0.1) is 18.2 Å². The van der Waals surface area contributed by atoms with Gasteiger partial charge in [-0.1, -0.05) is 66.5 Å². The molecule has 1 amide bonds. The van der Waals surface area contributed by atoms with Crippen molar-refractivity contribution in [2.24, 2.45) is 0 Å². The first-order valence-corrected chi connectivity index (χ1v) is 11.6. The van der Waals surface area contributed by atoms with Gasteiger partial charge in [-0.15, -0.1) is 0 Å². The summed E-state index contributed by atoms with van der Waals surface area (Å²) >= 11 is 12.4. The van der Waals surface area contributed by atoms with Crippen LogP contribution in [0.4, 0.5) is 5.69 Å². The Morgan fingerprint density at radius 1 is 1.00 bits per heavy atom. The SMILES string of the molecule is CCCOc1cccc(/C(O)=C2\C(=O)C(=O)N(c3cc(Cl)cc(Cl)c3)C2c2ccccc2C)c1. The van der Waals surface area contributed by atoms with Crippen molar-refractivity contribution in [2.75, 3.05) is 11.5 Å². The van der Waals surface area contributed by atoms with Gasteiger partial charge < -0.3 is 9.84 Å². The van der Waals surface area contributed by atoms with Crippen molar-refractivity contribution >= 4 is 46.3 Å². The van der Waals surface area contributed by atoms with Gasteiger partial charge in [0.15, 0.2) is 0 Å². The minimum absolute atomic E-state index is 0.0111. The average molecular weight is 496 g/mol. The van der Waals surface area contributed by atoms with Crippen LogP contribution in [0.3, 0.4) is 0 Å². The maximum Gasteiger partial charge on any atom is 0.300 e. The first-order valence-electron chi connectivity index (χ1n) is 10.9. The van der Waals surface area contributed by atoms with Gasteiger partial charge in [0, 0.05) is 21.3 Å². The summed E-state index contributed by atoms with van der Waals surface area (Å²) in [5.41, 5.74) is 2.31. The van der Waals surface area contributed by atoms with E-state index >= 15 is 0 Å². The zero-order valence-corrected chi connectivity index (χ0v) is 20.2. The van der Waals surface area contributed by atoms with Gasteiger partial charge in [-0.25, -0.2) is 0 Å². The Morgan fingerprint density at radius 3 is 2.38 bits per heavy atom. The van der Waals surface area contributed by atoms with Crippen molar-refractivity contribution in [2.45, 2.75) is 26.3 Å². The number of hydrogen-bond donors (Lipinski definition) is 1. The molecule has 1 saturated heterocycles. The van der Waals surface area contributed by atoms with Crippen LogP contribution in [0.5, 0.6) is 5.75 Å². The molecule has 1 fully saturated rings. The lowest BCUT2D eigenvalue weighted by Gasteiger charge is -2.27. The molecule has 3 aromatic rings. The quantitative estimate of drug-likeness (QED) is 0.234. The number of carbonyl (C=O) groups excluding carboxylic acids is 2. The van der Waals surface area contributed by atoms with Crippen molar-refractivity contribution < 1.29 is 19.4 Å². The topological polar surface area (TPSA) is 66.8 Å². The molecule has 1 unspecified atom stereocenters. The maximum atomic E-state index is 13.3. The van der Waals surface area contributed by atoms with Crippen molar-refractivity contribution in [3.05, 3.63) is 99.0 Å². The molecule has 5 nitrogen and oxygen atoms in total. The van der Waals surface area contributed by atoms with E-state index in [4.69, 9.17) is 27.9 Å². The highest BCUT2D eigenvalue weighted by Gasteiger charge is 2.47. The van der Waals surface area contributed by atoms with E-state index in [0.29, 0.717) is 39.2 Å². The molecule has 1 aliphatic heterocycles. The van der Waals surface area contributed by atoms with Gasteiger partial charge in [0.2, 0.25) is 0 Å². The Hall–Kier alpha value is -3.28. The second-order valence-corrected chi connectivity index (χ2v) is 8.90. The van der Waals surface area contributed by atoms with E-state index in [1.807, 2.05) is 38.1 Å². The molecule has 0 saturated carbocycles. The molecule has 0 bridgehead atoms. The Labute approximate surface area is 208 Å². The molecule has 174 valence electrons. The van der Waals surface area contributed by atoms with Crippen LogP contribution in [0.15, 0.2) is 72.3 Å². The van der Waals surface area contributed by atoms with Gasteiger partial charge in [-0.05, 0) is 54.8 Å². The smallest absolute Gasteiger partial charge is 0.300 e. The normalized spacial score (nSPS) is 17.3. The van der Waals surface area contributed by atoms with Crippen LogP contribution in [0.1, 0.15) is 36.1 Å². The van der Waals surface area contributed by atoms with Crippen LogP contribution in [0.2, 0.25) is 10.0 Å². The number of carbonyl (C=O) groups is 2. The fraction of sp³-hybridized carbons (Fsp3) is 0.185. The second-order valence-electron chi connectivity index (χ2n) is 8.03. The lowest BCUT2D eigenvalue weighted by Crippen LogP contribution is -2.29. The third kappa shape index (κ3) is 4.54. The van der Waals surface area contributed by atoms with E-state index < -0.39 is 17.7 Å². The van der Waals surface area contributed by atoms with Crippen LogP contribution in [-0.2, 0) is 9.59 Å². The summed E-state index contributed by atoms with van der Waals surface area (Å²) in [6.07, 6.45) is 0.830. The van der Waals surface area contributed by atoms with E-state index in [-0.39, 0.29) is 11.3 Å². The van der Waals surface area contributed by atoms with E-state index in [1.54, 1.807) is 42.5 Å². The highest BCUT2D eigenvalue weighted by atomic mass is 35.5. The van der Waals surface area contributed by atoms with E-state index in [2.05, 4.69) is 0 Å². The van der Waals surface area contributed by atoms with Crippen LogP contribution in [0.25, 0.3) is 5.76 Å². The molecule has 7 heteroatoms. The molecule has 1 N–H and O–H groups in total. The summed E-state index contributed by atoms with van der Waals surface area (Å²) in [5, 5.41) is 12.0. The monoisotopic (exact) mass is 495 g/mol. The number of anilines is 1. The number of aliphatic hydroxyl groups is 1. The minimum atomic E-state index is -0.865. The highest BCUT2D eigenvalue weighted by Crippen LogP contribution is 2.44. The molecule has 1 aliphatic rings. The summed E-state index contributed by atoms with van der Waals surface area (Å²) in [5.74, 6) is -1.27. The summed E-state index contributed by atoms with van der Waals surface area (Å²) in [4.78, 5) is 28.0. The molecule has 0 radical (unpaired) electrons. The minimum Gasteiger partial charge on any atom is -0.507 e. The number of halogens is 2. The number of rotatable bonds is 6. The number of nitrogens with zero attached hydrogens (tertiary/aromatic N) is 1. The van der Waals surface area contributed by atoms with Gasteiger partial charge in [0.1, 0.15) is 11.5 Å². The summed E-state index contributed by atoms with van der Waals surface area (Å²) in [6, 6.07) is 18.1. The lowest BCUT2D eigenvalue weighted by molar-refractivity contribution is -0.132. The molecule has 1 atom stereocenters. The molecule has 1 heterocycles. The van der Waals surface area contributed by atoms with Crippen molar-refractivity contribution in [3.8, 4) is 5.75 Å². The Kier molecular flexibility index (Phi) is 6.96. The Bertz CT molecular complexity index is 1280. The zero-order valence-electron chi connectivity index (χ0n) is 18.7. The van der Waals surface area contributed by atoms with E-state index in [1.165, 1.54) is 4.90 Å². The number of aryl methyl sites for hydroxylation is 1.